The van der Waals surface area contributed by atoms with Crippen LogP contribution in [0.3, 0.4) is 0 Å². The van der Waals surface area contributed by atoms with Gasteiger partial charge in [0, 0.05) is 0 Å². The van der Waals surface area contributed by atoms with Gasteiger partial charge in [0.15, 0.2) is 28.8 Å². The molecule has 0 fully saturated rings. The molecule has 0 spiro atoms. The highest BCUT2D eigenvalue weighted by molar-refractivity contribution is 7.15. The van der Waals surface area contributed by atoms with Gasteiger partial charge < -0.3 is 18.9 Å². The van der Waals surface area contributed by atoms with Crippen LogP contribution < -0.4 is 29.0 Å². The number of thiazole rings is 1. The van der Waals surface area contributed by atoms with Crippen LogP contribution in [0.15, 0.2) is 41.2 Å². The number of rotatable bonds is 9. The van der Waals surface area contributed by atoms with Crippen LogP contribution >= 0.6 is 11.3 Å². The van der Waals surface area contributed by atoms with E-state index in [2.05, 4.69) is 23.9 Å². The third kappa shape index (κ3) is 5.46. The van der Waals surface area contributed by atoms with Crippen LogP contribution in [-0.4, -0.2) is 42.5 Å². The summed E-state index contributed by atoms with van der Waals surface area (Å²) in [6.45, 7) is 4.77. The molecule has 0 saturated carbocycles. The van der Waals surface area contributed by atoms with Crippen LogP contribution in [0.4, 0.5) is 0 Å². The summed E-state index contributed by atoms with van der Waals surface area (Å²) in [6.07, 6.45) is 5.41. The highest BCUT2D eigenvalue weighted by Gasteiger charge is 2.11. The van der Waals surface area contributed by atoms with Crippen molar-refractivity contribution in [2.24, 2.45) is 5.92 Å². The molecule has 0 unspecified atom stereocenters. The van der Waals surface area contributed by atoms with E-state index in [1.807, 2.05) is 42.5 Å². The fourth-order valence-corrected chi connectivity index (χ4v) is 4.26. The van der Waals surface area contributed by atoms with Gasteiger partial charge in [0.25, 0.3) is 5.56 Å². The minimum atomic E-state index is -0.220. The zero-order valence-corrected chi connectivity index (χ0v) is 21.1. The number of methoxy groups -OCH3 is 3. The maximum absolute atomic E-state index is 12.9. The quantitative estimate of drug-likeness (QED) is 0.349. The first-order valence-corrected chi connectivity index (χ1v) is 11.9. The van der Waals surface area contributed by atoms with Crippen molar-refractivity contribution in [1.29, 1.82) is 0 Å². The van der Waals surface area contributed by atoms with Gasteiger partial charge in [0.1, 0.15) is 0 Å². The summed E-state index contributed by atoms with van der Waals surface area (Å²) >= 11 is 1.28. The molecular formula is C26H27N3O5S. The Morgan fingerprint density at radius 1 is 0.914 bits per heavy atom. The molecule has 0 aliphatic heterocycles. The number of ether oxygens (including phenoxy) is 4. The van der Waals surface area contributed by atoms with Crippen molar-refractivity contribution in [3.05, 3.63) is 68.2 Å². The van der Waals surface area contributed by atoms with Crippen LogP contribution in [0, 0.1) is 5.92 Å². The highest BCUT2D eigenvalue weighted by atomic mass is 32.1. The van der Waals surface area contributed by atoms with Crippen molar-refractivity contribution in [3.63, 3.8) is 0 Å². The molecule has 0 radical (unpaired) electrons. The van der Waals surface area contributed by atoms with Gasteiger partial charge >= 0.3 is 0 Å². The Balaban J connectivity index is 1.58. The Hall–Kier alpha value is -3.85. The van der Waals surface area contributed by atoms with Crippen LogP contribution in [-0.2, 0) is 0 Å². The van der Waals surface area contributed by atoms with Crippen LogP contribution in [0.2, 0.25) is 0 Å². The van der Waals surface area contributed by atoms with E-state index in [0.717, 1.165) is 11.1 Å². The lowest BCUT2D eigenvalue weighted by molar-refractivity contribution is 0.257. The Morgan fingerprint density at radius 3 is 2.26 bits per heavy atom. The smallest absolute Gasteiger partial charge is 0.291 e. The summed E-state index contributed by atoms with van der Waals surface area (Å²) in [6, 6.07) is 11.2. The molecule has 0 aliphatic carbocycles. The van der Waals surface area contributed by atoms with E-state index in [1.54, 1.807) is 33.5 Å². The van der Waals surface area contributed by atoms with Crippen molar-refractivity contribution in [2.75, 3.05) is 27.9 Å². The maximum atomic E-state index is 12.9. The Kier molecular flexibility index (Phi) is 7.36. The number of benzene rings is 2. The second kappa shape index (κ2) is 10.6. The molecular weight excluding hydrogens is 466 g/mol. The molecule has 35 heavy (non-hydrogen) atoms. The molecule has 0 amide bonds. The molecule has 182 valence electrons. The third-order valence-electron chi connectivity index (χ3n) is 5.09. The lowest BCUT2D eigenvalue weighted by atomic mass is 10.2. The van der Waals surface area contributed by atoms with Gasteiger partial charge in [-0.2, -0.15) is 9.50 Å². The van der Waals surface area contributed by atoms with Gasteiger partial charge in [-0.05, 0) is 53.5 Å². The van der Waals surface area contributed by atoms with Crippen LogP contribution in [0.1, 0.15) is 30.8 Å². The van der Waals surface area contributed by atoms with E-state index < -0.39 is 0 Å². The average Bonchev–Trinajstić information content (AvgIpc) is 3.39. The minimum absolute atomic E-state index is 0.220. The molecule has 0 saturated heterocycles. The third-order valence-corrected chi connectivity index (χ3v) is 6.05. The number of hydrogen-bond donors (Lipinski definition) is 0. The van der Waals surface area contributed by atoms with Gasteiger partial charge in [-0.25, -0.2) is 0 Å². The second-order valence-electron chi connectivity index (χ2n) is 8.14. The summed E-state index contributed by atoms with van der Waals surface area (Å²) in [5.41, 5.74) is 1.50. The van der Waals surface area contributed by atoms with E-state index in [4.69, 9.17) is 18.9 Å². The van der Waals surface area contributed by atoms with Crippen molar-refractivity contribution < 1.29 is 18.9 Å². The topological polar surface area (TPSA) is 84.2 Å². The minimum Gasteiger partial charge on any atom is -0.493 e. The first-order chi connectivity index (χ1) is 16.9. The molecule has 0 aliphatic rings. The molecule has 2 aromatic carbocycles. The fourth-order valence-electron chi connectivity index (χ4n) is 3.35. The molecule has 0 N–H and O–H groups in total. The summed E-state index contributed by atoms with van der Waals surface area (Å²) in [5, 5.41) is 4.35. The predicted octanol–water partition coefficient (Wildman–Crippen LogP) is 3.93. The zero-order chi connectivity index (χ0) is 24.9. The van der Waals surface area contributed by atoms with E-state index in [1.165, 1.54) is 15.9 Å². The Morgan fingerprint density at radius 2 is 1.57 bits per heavy atom. The number of hydrogen-bond acceptors (Lipinski definition) is 8. The summed E-state index contributed by atoms with van der Waals surface area (Å²) in [5.74, 6) is 3.43. The van der Waals surface area contributed by atoms with Gasteiger partial charge in [0.2, 0.25) is 4.96 Å². The summed E-state index contributed by atoms with van der Waals surface area (Å²) < 4.78 is 23.7. The number of nitrogens with zero attached hydrogens (tertiary/aromatic N) is 3. The Labute approximate surface area is 207 Å². The number of aromatic nitrogens is 3. The van der Waals surface area contributed by atoms with E-state index >= 15 is 0 Å². The largest absolute Gasteiger partial charge is 0.493 e. The van der Waals surface area contributed by atoms with Crippen LogP contribution in [0.5, 0.6) is 23.0 Å². The molecule has 4 aromatic rings. The maximum Gasteiger partial charge on any atom is 0.291 e. The molecule has 9 heteroatoms. The van der Waals surface area contributed by atoms with Crippen LogP contribution in [0.25, 0.3) is 23.2 Å². The molecule has 2 aromatic heterocycles. The lowest BCUT2D eigenvalue weighted by Crippen LogP contribution is -2.23. The number of fused-ring (bicyclic) bond motifs is 1. The molecule has 0 atom stereocenters. The monoisotopic (exact) mass is 493 g/mol. The molecule has 0 bridgehead atoms. The molecule has 8 nitrogen and oxygen atoms in total. The average molecular weight is 494 g/mol. The van der Waals surface area contributed by atoms with Crippen molar-refractivity contribution in [3.8, 4) is 23.0 Å². The highest BCUT2D eigenvalue weighted by Crippen LogP contribution is 2.29. The standard InChI is InChI=1S/C26H27N3O5S/c1-16(2)15-34-20-10-7-18(13-22(20)33-5)14-23-25(30)29-26(35-23)27-24(28-29)11-8-17-6-9-19(31-3)21(12-17)32-4/h6-14,16H,15H2,1-5H3/b11-8+,23-14-. The SMILES string of the molecule is COc1ccc(/C=C/c2nc3s/c(=C\c4ccc(OCC(C)C)c(OC)c4)c(=O)n3n2)cc1OC. The van der Waals surface area contributed by atoms with E-state index in [9.17, 15) is 4.79 Å². The Bertz CT molecular complexity index is 1470. The van der Waals surface area contributed by atoms with E-state index in [0.29, 0.717) is 50.8 Å². The van der Waals surface area contributed by atoms with Gasteiger partial charge in [0.05, 0.1) is 32.5 Å². The fraction of sp³-hybridized carbons (Fsp3) is 0.269. The molecule has 2 heterocycles. The van der Waals surface area contributed by atoms with Gasteiger partial charge in [-0.15, -0.1) is 5.10 Å². The normalized spacial score (nSPS) is 12.1. The van der Waals surface area contributed by atoms with E-state index in [-0.39, 0.29) is 5.56 Å². The first kappa shape index (κ1) is 24.3. The lowest BCUT2D eigenvalue weighted by Gasteiger charge is -2.12. The van der Waals surface area contributed by atoms with Gasteiger partial charge in [-0.3, -0.25) is 4.79 Å². The van der Waals surface area contributed by atoms with Crippen molar-refractivity contribution >= 4 is 34.5 Å². The zero-order valence-electron chi connectivity index (χ0n) is 20.3. The van der Waals surface area contributed by atoms with Gasteiger partial charge in [-0.1, -0.05) is 43.4 Å². The summed E-state index contributed by atoms with van der Waals surface area (Å²) in [7, 11) is 4.78. The second-order valence-corrected chi connectivity index (χ2v) is 9.15. The van der Waals surface area contributed by atoms with Crippen molar-refractivity contribution in [1.82, 2.24) is 14.6 Å². The predicted molar refractivity (Wildman–Crippen MR) is 138 cm³/mol. The summed E-state index contributed by atoms with van der Waals surface area (Å²) in [4.78, 5) is 17.9. The van der Waals surface area contributed by atoms with Crippen molar-refractivity contribution in [2.45, 2.75) is 13.8 Å². The first-order valence-electron chi connectivity index (χ1n) is 11.0. The molecule has 4 rings (SSSR count).